The maximum Gasteiger partial charge on any atom is 0.251 e. The van der Waals surface area contributed by atoms with Crippen molar-refractivity contribution in [3.63, 3.8) is 0 Å². The van der Waals surface area contributed by atoms with Crippen LogP contribution in [0.25, 0.3) is 11.1 Å². The van der Waals surface area contributed by atoms with Gasteiger partial charge >= 0.3 is 0 Å². The van der Waals surface area contributed by atoms with E-state index in [4.69, 9.17) is 4.74 Å². The standard InChI is InChI=1S/C22H28N2O3/c1-27-21-8-3-2-7-20(21)17-9-11-18(12-10-17)22(26)23-13-15-24-14-5-4-6-19(24)16-25/h2-3,7-12,19,25H,4-6,13-16H2,1H3,(H,23,26)/t19-/m0/s1. The molecule has 1 atom stereocenters. The number of methoxy groups -OCH3 is 1. The van der Waals surface area contributed by atoms with E-state index in [-0.39, 0.29) is 18.6 Å². The van der Waals surface area contributed by atoms with E-state index in [1.807, 2.05) is 48.5 Å². The molecular formula is C22H28N2O3. The zero-order chi connectivity index (χ0) is 19.1. The smallest absolute Gasteiger partial charge is 0.251 e. The van der Waals surface area contributed by atoms with Crippen molar-refractivity contribution in [2.45, 2.75) is 25.3 Å². The lowest BCUT2D eigenvalue weighted by atomic mass is 10.0. The Morgan fingerprint density at radius 2 is 1.96 bits per heavy atom. The Morgan fingerprint density at radius 1 is 1.19 bits per heavy atom. The van der Waals surface area contributed by atoms with Gasteiger partial charge in [-0.05, 0) is 43.1 Å². The molecule has 1 heterocycles. The highest BCUT2D eigenvalue weighted by Crippen LogP contribution is 2.29. The summed E-state index contributed by atoms with van der Waals surface area (Å²) in [6.07, 6.45) is 3.37. The summed E-state index contributed by atoms with van der Waals surface area (Å²) in [7, 11) is 1.66. The van der Waals surface area contributed by atoms with E-state index >= 15 is 0 Å². The number of piperidine rings is 1. The lowest BCUT2D eigenvalue weighted by Crippen LogP contribution is -2.45. The number of aliphatic hydroxyl groups is 1. The van der Waals surface area contributed by atoms with Gasteiger partial charge in [0.2, 0.25) is 0 Å². The highest BCUT2D eigenvalue weighted by atomic mass is 16.5. The van der Waals surface area contributed by atoms with Gasteiger partial charge in [0.25, 0.3) is 5.91 Å². The first kappa shape index (κ1) is 19.4. The number of amides is 1. The summed E-state index contributed by atoms with van der Waals surface area (Å²) in [5.74, 6) is 0.744. The highest BCUT2D eigenvalue weighted by molar-refractivity contribution is 5.94. The lowest BCUT2D eigenvalue weighted by Gasteiger charge is -2.34. The number of nitrogens with one attached hydrogen (secondary N) is 1. The van der Waals surface area contributed by atoms with E-state index in [9.17, 15) is 9.90 Å². The number of benzene rings is 2. The molecule has 0 saturated carbocycles. The Bertz CT molecular complexity index is 745. The Kier molecular flexibility index (Phi) is 6.85. The molecular weight excluding hydrogens is 340 g/mol. The number of hydrogen-bond acceptors (Lipinski definition) is 4. The molecule has 0 unspecified atom stereocenters. The molecule has 0 aromatic heterocycles. The molecule has 1 aliphatic rings. The van der Waals surface area contributed by atoms with Crippen LogP contribution in [-0.4, -0.2) is 55.3 Å². The topological polar surface area (TPSA) is 61.8 Å². The molecule has 1 amide bonds. The van der Waals surface area contributed by atoms with Crippen LogP contribution < -0.4 is 10.1 Å². The third-order valence-corrected chi connectivity index (χ3v) is 5.21. The van der Waals surface area contributed by atoms with Crippen LogP contribution in [0.15, 0.2) is 48.5 Å². The minimum atomic E-state index is -0.0702. The van der Waals surface area contributed by atoms with Gasteiger partial charge in [-0.3, -0.25) is 9.69 Å². The van der Waals surface area contributed by atoms with Crippen LogP contribution in [-0.2, 0) is 0 Å². The number of carbonyl (C=O) groups excluding carboxylic acids is 1. The average Bonchev–Trinajstić information content (AvgIpc) is 2.74. The Balaban J connectivity index is 1.56. The molecule has 3 rings (SSSR count). The first-order valence-electron chi connectivity index (χ1n) is 9.59. The van der Waals surface area contributed by atoms with E-state index in [1.54, 1.807) is 7.11 Å². The van der Waals surface area contributed by atoms with Gasteiger partial charge in [-0.1, -0.05) is 36.8 Å². The van der Waals surface area contributed by atoms with Crippen molar-refractivity contribution in [2.75, 3.05) is 33.4 Å². The second-order valence-electron chi connectivity index (χ2n) is 6.90. The van der Waals surface area contributed by atoms with Gasteiger partial charge in [0.1, 0.15) is 5.75 Å². The quantitative estimate of drug-likeness (QED) is 0.789. The Labute approximate surface area is 161 Å². The fourth-order valence-electron chi connectivity index (χ4n) is 3.66. The average molecular weight is 368 g/mol. The summed E-state index contributed by atoms with van der Waals surface area (Å²) in [4.78, 5) is 14.7. The summed E-state index contributed by atoms with van der Waals surface area (Å²) in [6, 6.07) is 15.6. The molecule has 27 heavy (non-hydrogen) atoms. The fraction of sp³-hybridized carbons (Fsp3) is 0.409. The van der Waals surface area contributed by atoms with E-state index in [0.717, 1.165) is 42.8 Å². The van der Waals surface area contributed by atoms with Crippen molar-refractivity contribution >= 4 is 5.91 Å². The molecule has 2 N–H and O–H groups in total. The molecule has 144 valence electrons. The molecule has 0 spiro atoms. The van der Waals surface area contributed by atoms with Gasteiger partial charge in [0.15, 0.2) is 0 Å². The van der Waals surface area contributed by atoms with E-state index in [2.05, 4.69) is 10.2 Å². The van der Waals surface area contributed by atoms with E-state index in [0.29, 0.717) is 12.1 Å². The summed E-state index contributed by atoms with van der Waals surface area (Å²) in [6.45, 7) is 2.55. The Hall–Kier alpha value is -2.37. The maximum atomic E-state index is 12.4. The molecule has 0 bridgehead atoms. The highest BCUT2D eigenvalue weighted by Gasteiger charge is 2.21. The maximum absolute atomic E-state index is 12.4. The molecule has 1 aliphatic heterocycles. The van der Waals surface area contributed by atoms with Gasteiger partial charge in [0.05, 0.1) is 13.7 Å². The van der Waals surface area contributed by atoms with Crippen molar-refractivity contribution in [3.8, 4) is 16.9 Å². The summed E-state index contributed by atoms with van der Waals surface area (Å²) in [5, 5.41) is 12.5. The van der Waals surface area contributed by atoms with Gasteiger partial charge in [-0.15, -0.1) is 0 Å². The van der Waals surface area contributed by atoms with Gasteiger partial charge in [0, 0.05) is 30.3 Å². The minimum Gasteiger partial charge on any atom is -0.496 e. The number of carbonyl (C=O) groups is 1. The number of likely N-dealkylation sites (tertiary alicyclic amines) is 1. The minimum absolute atomic E-state index is 0.0702. The van der Waals surface area contributed by atoms with Crippen LogP contribution in [0.5, 0.6) is 5.75 Å². The number of rotatable bonds is 7. The summed E-state index contributed by atoms with van der Waals surface area (Å²) >= 11 is 0. The number of hydrogen-bond donors (Lipinski definition) is 2. The van der Waals surface area contributed by atoms with Gasteiger partial charge in [-0.2, -0.15) is 0 Å². The largest absolute Gasteiger partial charge is 0.496 e. The van der Waals surface area contributed by atoms with Gasteiger partial charge < -0.3 is 15.2 Å². The molecule has 0 radical (unpaired) electrons. The van der Waals surface area contributed by atoms with Crippen LogP contribution in [0, 0.1) is 0 Å². The third-order valence-electron chi connectivity index (χ3n) is 5.21. The van der Waals surface area contributed by atoms with Crippen LogP contribution in [0.4, 0.5) is 0 Å². The zero-order valence-corrected chi connectivity index (χ0v) is 15.9. The van der Waals surface area contributed by atoms with E-state index in [1.165, 1.54) is 6.42 Å². The molecule has 2 aromatic rings. The number of nitrogens with zero attached hydrogens (tertiary/aromatic N) is 1. The Morgan fingerprint density at radius 3 is 2.70 bits per heavy atom. The van der Waals surface area contributed by atoms with Crippen LogP contribution >= 0.6 is 0 Å². The van der Waals surface area contributed by atoms with Crippen molar-refractivity contribution in [2.24, 2.45) is 0 Å². The second kappa shape index (κ2) is 9.53. The molecule has 2 aromatic carbocycles. The van der Waals surface area contributed by atoms with Gasteiger partial charge in [-0.25, -0.2) is 0 Å². The SMILES string of the molecule is COc1ccccc1-c1ccc(C(=O)NCCN2CCCC[C@H]2CO)cc1. The van der Waals surface area contributed by atoms with Crippen LogP contribution in [0.1, 0.15) is 29.6 Å². The predicted molar refractivity (Wildman–Crippen MR) is 107 cm³/mol. The molecule has 0 aliphatic carbocycles. The van der Waals surface area contributed by atoms with Crippen molar-refractivity contribution in [3.05, 3.63) is 54.1 Å². The number of para-hydroxylation sites is 1. The predicted octanol–water partition coefficient (Wildman–Crippen LogP) is 2.94. The van der Waals surface area contributed by atoms with Crippen molar-refractivity contribution < 1.29 is 14.6 Å². The van der Waals surface area contributed by atoms with E-state index < -0.39 is 0 Å². The van der Waals surface area contributed by atoms with Crippen LogP contribution in [0.2, 0.25) is 0 Å². The monoisotopic (exact) mass is 368 g/mol. The summed E-state index contributed by atoms with van der Waals surface area (Å²) < 4.78 is 5.40. The fourth-order valence-corrected chi connectivity index (χ4v) is 3.66. The number of ether oxygens (including phenoxy) is 1. The first-order chi connectivity index (χ1) is 13.2. The lowest BCUT2D eigenvalue weighted by molar-refractivity contribution is 0.0849. The first-order valence-corrected chi connectivity index (χ1v) is 9.59. The molecule has 1 saturated heterocycles. The number of aliphatic hydroxyl groups excluding tert-OH is 1. The third kappa shape index (κ3) is 4.87. The summed E-state index contributed by atoms with van der Waals surface area (Å²) in [5.41, 5.74) is 2.67. The normalized spacial score (nSPS) is 17.5. The van der Waals surface area contributed by atoms with Crippen molar-refractivity contribution in [1.29, 1.82) is 0 Å². The zero-order valence-electron chi connectivity index (χ0n) is 15.9. The molecule has 5 nitrogen and oxygen atoms in total. The molecule has 5 heteroatoms. The molecule has 1 fully saturated rings. The second-order valence-corrected chi connectivity index (χ2v) is 6.90. The van der Waals surface area contributed by atoms with Crippen LogP contribution in [0.3, 0.4) is 0 Å². The van der Waals surface area contributed by atoms with Crippen molar-refractivity contribution in [1.82, 2.24) is 10.2 Å².